The monoisotopic (exact) mass is 193 g/mol. The normalized spacial score (nSPS) is 10.6. The van der Waals surface area contributed by atoms with Gasteiger partial charge in [0.15, 0.2) is 5.78 Å². The second kappa shape index (κ2) is 4.28. The van der Waals surface area contributed by atoms with Gasteiger partial charge in [0, 0.05) is 6.20 Å². The van der Waals surface area contributed by atoms with Gasteiger partial charge in [-0.25, -0.2) is 4.98 Å². The number of likely N-dealkylation sites (N-methyl/N-ethyl adjacent to an activating group) is 1. The maximum Gasteiger partial charge on any atom is 0.196 e. The Kier molecular flexibility index (Phi) is 3.30. The van der Waals surface area contributed by atoms with Gasteiger partial charge in [0.05, 0.1) is 17.9 Å². The van der Waals surface area contributed by atoms with Crippen LogP contribution in [0.5, 0.6) is 0 Å². The number of nitrogens with zero attached hydrogens (tertiary/aromatic N) is 3. The number of hydrogen-bond donors (Lipinski definition) is 0. The van der Waals surface area contributed by atoms with Crippen LogP contribution in [0.1, 0.15) is 21.9 Å². The Hall–Kier alpha value is -1.29. The summed E-state index contributed by atoms with van der Waals surface area (Å²) in [5.41, 5.74) is 2.02. The van der Waals surface area contributed by atoms with Gasteiger partial charge < -0.3 is 4.90 Å². The summed E-state index contributed by atoms with van der Waals surface area (Å²) in [4.78, 5) is 21.8. The van der Waals surface area contributed by atoms with Crippen LogP contribution in [-0.4, -0.2) is 41.3 Å². The molecule has 4 heteroatoms. The molecular formula is C10H15N3O. The van der Waals surface area contributed by atoms with Gasteiger partial charge in [0.1, 0.15) is 5.69 Å². The van der Waals surface area contributed by atoms with E-state index < -0.39 is 0 Å². The third-order valence-corrected chi connectivity index (χ3v) is 1.79. The largest absolute Gasteiger partial charge is 0.302 e. The maximum atomic E-state index is 11.6. The lowest BCUT2D eigenvalue weighted by Crippen LogP contribution is -2.23. The van der Waals surface area contributed by atoms with Crippen LogP contribution >= 0.6 is 0 Å². The predicted molar refractivity (Wildman–Crippen MR) is 54.4 cm³/mol. The van der Waals surface area contributed by atoms with E-state index in [1.165, 1.54) is 0 Å². The highest BCUT2D eigenvalue weighted by atomic mass is 16.1. The molecule has 0 amide bonds. The number of rotatable bonds is 3. The zero-order valence-electron chi connectivity index (χ0n) is 9.03. The minimum absolute atomic E-state index is 0.0139. The molecule has 1 rings (SSSR count). The molecular weight excluding hydrogens is 178 g/mol. The Morgan fingerprint density at radius 1 is 1.43 bits per heavy atom. The Balaban J connectivity index is 2.90. The van der Waals surface area contributed by atoms with E-state index in [0.29, 0.717) is 17.9 Å². The van der Waals surface area contributed by atoms with E-state index in [0.717, 1.165) is 5.69 Å². The van der Waals surface area contributed by atoms with Gasteiger partial charge in [-0.1, -0.05) is 0 Å². The number of carbonyl (C=O) groups is 1. The number of carbonyl (C=O) groups excluding carboxylic acids is 1. The fraction of sp³-hybridized carbons (Fsp3) is 0.500. The summed E-state index contributed by atoms with van der Waals surface area (Å²) >= 11 is 0. The Morgan fingerprint density at radius 2 is 2.07 bits per heavy atom. The van der Waals surface area contributed by atoms with E-state index in [9.17, 15) is 4.79 Å². The van der Waals surface area contributed by atoms with E-state index in [4.69, 9.17) is 0 Å². The fourth-order valence-corrected chi connectivity index (χ4v) is 1.23. The molecule has 1 heterocycles. The molecule has 0 atom stereocenters. The average Bonchev–Trinajstić information content (AvgIpc) is 2.01. The molecule has 0 N–H and O–H groups in total. The van der Waals surface area contributed by atoms with Crippen LogP contribution in [0, 0.1) is 13.8 Å². The van der Waals surface area contributed by atoms with Crippen molar-refractivity contribution in [2.75, 3.05) is 20.6 Å². The second-order valence-electron chi connectivity index (χ2n) is 3.61. The van der Waals surface area contributed by atoms with E-state index in [1.807, 2.05) is 32.8 Å². The Labute approximate surface area is 84.0 Å². The molecule has 0 bridgehead atoms. The van der Waals surface area contributed by atoms with Crippen molar-refractivity contribution in [3.05, 3.63) is 23.3 Å². The van der Waals surface area contributed by atoms with Crippen molar-refractivity contribution in [2.24, 2.45) is 0 Å². The van der Waals surface area contributed by atoms with Gasteiger partial charge in [-0.05, 0) is 27.9 Å². The Bertz CT molecular complexity index is 347. The molecule has 0 aromatic carbocycles. The molecule has 0 spiro atoms. The van der Waals surface area contributed by atoms with E-state index >= 15 is 0 Å². The zero-order valence-corrected chi connectivity index (χ0v) is 9.03. The summed E-state index contributed by atoms with van der Waals surface area (Å²) < 4.78 is 0. The topological polar surface area (TPSA) is 46.1 Å². The molecule has 1 aromatic heterocycles. The van der Waals surface area contributed by atoms with Crippen LogP contribution in [0.15, 0.2) is 6.20 Å². The molecule has 1 aromatic rings. The van der Waals surface area contributed by atoms with Crippen LogP contribution in [0.2, 0.25) is 0 Å². The molecule has 0 aliphatic rings. The molecule has 0 saturated carbocycles. The minimum atomic E-state index is 0.0139. The number of hydrogen-bond acceptors (Lipinski definition) is 4. The lowest BCUT2D eigenvalue weighted by Gasteiger charge is -2.09. The van der Waals surface area contributed by atoms with Gasteiger partial charge in [0.2, 0.25) is 0 Å². The van der Waals surface area contributed by atoms with Crippen LogP contribution in [0.25, 0.3) is 0 Å². The quantitative estimate of drug-likeness (QED) is 0.667. The molecule has 14 heavy (non-hydrogen) atoms. The van der Waals surface area contributed by atoms with Crippen LogP contribution in [-0.2, 0) is 0 Å². The van der Waals surface area contributed by atoms with Crippen molar-refractivity contribution >= 4 is 5.78 Å². The molecule has 0 saturated heterocycles. The third-order valence-electron chi connectivity index (χ3n) is 1.79. The summed E-state index contributed by atoms with van der Waals surface area (Å²) in [5, 5.41) is 0. The molecule has 0 radical (unpaired) electrons. The number of aryl methyl sites for hydroxylation is 2. The van der Waals surface area contributed by atoms with Crippen molar-refractivity contribution in [1.82, 2.24) is 14.9 Å². The minimum Gasteiger partial charge on any atom is -0.302 e. The first kappa shape index (κ1) is 10.8. The summed E-state index contributed by atoms with van der Waals surface area (Å²) in [7, 11) is 3.71. The average molecular weight is 193 g/mol. The van der Waals surface area contributed by atoms with Crippen LogP contribution in [0.3, 0.4) is 0 Å². The number of Topliss-reactive ketones (excluding diaryl/α,β-unsaturated/α-hetero) is 1. The third kappa shape index (κ3) is 2.60. The fourth-order valence-electron chi connectivity index (χ4n) is 1.23. The zero-order chi connectivity index (χ0) is 10.7. The van der Waals surface area contributed by atoms with Crippen molar-refractivity contribution in [3.63, 3.8) is 0 Å². The molecule has 4 nitrogen and oxygen atoms in total. The van der Waals surface area contributed by atoms with Crippen LogP contribution in [0.4, 0.5) is 0 Å². The van der Waals surface area contributed by atoms with Crippen LogP contribution < -0.4 is 0 Å². The maximum absolute atomic E-state index is 11.6. The van der Waals surface area contributed by atoms with Gasteiger partial charge in [-0.15, -0.1) is 0 Å². The van der Waals surface area contributed by atoms with Gasteiger partial charge in [-0.2, -0.15) is 0 Å². The highest BCUT2D eigenvalue weighted by Gasteiger charge is 2.12. The summed E-state index contributed by atoms with van der Waals surface area (Å²) in [6.07, 6.45) is 1.62. The van der Waals surface area contributed by atoms with Gasteiger partial charge >= 0.3 is 0 Å². The predicted octanol–water partition coefficient (Wildman–Crippen LogP) is 0.838. The standard InChI is InChI=1S/C10H15N3O/c1-7-5-11-10(8(2)12-7)9(14)6-13(3)4/h5H,6H2,1-4H3. The highest BCUT2D eigenvalue weighted by Crippen LogP contribution is 2.03. The first-order valence-electron chi connectivity index (χ1n) is 4.49. The molecule has 76 valence electrons. The van der Waals surface area contributed by atoms with Gasteiger partial charge in [0.25, 0.3) is 0 Å². The van der Waals surface area contributed by atoms with E-state index in [-0.39, 0.29) is 5.78 Å². The SMILES string of the molecule is Cc1cnc(C(=O)CN(C)C)c(C)n1. The molecule has 0 aliphatic heterocycles. The van der Waals surface area contributed by atoms with Crippen molar-refractivity contribution < 1.29 is 4.79 Å². The summed E-state index contributed by atoms with van der Waals surface area (Å²) in [6, 6.07) is 0. The lowest BCUT2D eigenvalue weighted by atomic mass is 10.2. The molecule has 0 unspecified atom stereocenters. The van der Waals surface area contributed by atoms with Crippen molar-refractivity contribution in [1.29, 1.82) is 0 Å². The molecule has 0 fully saturated rings. The smallest absolute Gasteiger partial charge is 0.196 e. The van der Waals surface area contributed by atoms with Crippen molar-refractivity contribution in [3.8, 4) is 0 Å². The lowest BCUT2D eigenvalue weighted by molar-refractivity contribution is 0.0952. The van der Waals surface area contributed by atoms with E-state index in [2.05, 4.69) is 9.97 Å². The van der Waals surface area contributed by atoms with E-state index in [1.54, 1.807) is 6.20 Å². The second-order valence-corrected chi connectivity index (χ2v) is 3.61. The Morgan fingerprint density at radius 3 is 2.57 bits per heavy atom. The van der Waals surface area contributed by atoms with Crippen molar-refractivity contribution in [2.45, 2.75) is 13.8 Å². The summed E-state index contributed by atoms with van der Waals surface area (Å²) in [6.45, 7) is 4.04. The number of ketones is 1. The first-order chi connectivity index (χ1) is 6.50. The molecule has 0 aliphatic carbocycles. The number of aromatic nitrogens is 2. The summed E-state index contributed by atoms with van der Waals surface area (Å²) in [5.74, 6) is 0.0139. The first-order valence-corrected chi connectivity index (χ1v) is 4.49. The highest BCUT2D eigenvalue weighted by molar-refractivity contribution is 5.96. The van der Waals surface area contributed by atoms with Gasteiger partial charge in [-0.3, -0.25) is 9.78 Å².